The van der Waals surface area contributed by atoms with Gasteiger partial charge in [-0.05, 0) is 50.0 Å². The van der Waals surface area contributed by atoms with Gasteiger partial charge in [-0.2, -0.15) is 0 Å². The predicted molar refractivity (Wildman–Crippen MR) is 112 cm³/mol. The molecule has 27 heavy (non-hydrogen) atoms. The van der Waals surface area contributed by atoms with Crippen molar-refractivity contribution < 1.29 is 4.79 Å². The number of thiophene rings is 1. The van der Waals surface area contributed by atoms with Crippen LogP contribution in [0.25, 0.3) is 10.2 Å². The van der Waals surface area contributed by atoms with Crippen LogP contribution in [0.2, 0.25) is 0 Å². The zero-order valence-corrected chi connectivity index (χ0v) is 17.7. The lowest BCUT2D eigenvalue weighted by Gasteiger charge is -2.29. The fourth-order valence-electron chi connectivity index (χ4n) is 4.31. The second-order valence-corrected chi connectivity index (χ2v) is 9.90. The van der Waals surface area contributed by atoms with Crippen LogP contribution in [0.3, 0.4) is 0 Å². The van der Waals surface area contributed by atoms with Crippen molar-refractivity contribution >= 4 is 39.2 Å². The Morgan fingerprint density at radius 1 is 1.26 bits per heavy atom. The zero-order valence-electron chi connectivity index (χ0n) is 16.0. The highest BCUT2D eigenvalue weighted by Crippen LogP contribution is 2.34. The van der Waals surface area contributed by atoms with Crippen molar-refractivity contribution in [3.63, 3.8) is 0 Å². The van der Waals surface area contributed by atoms with Gasteiger partial charge in [0.25, 0.3) is 5.56 Å². The molecule has 1 fully saturated rings. The van der Waals surface area contributed by atoms with Gasteiger partial charge < -0.3 is 5.32 Å². The smallest absolute Gasteiger partial charge is 0.262 e. The molecule has 2 aliphatic carbocycles. The molecule has 0 bridgehead atoms. The summed E-state index contributed by atoms with van der Waals surface area (Å²) in [5.74, 6) is 0.891. The molecule has 2 aromatic rings. The SMILES string of the molecule is C[C@@H]1CCCC[C@@H]1NC(=O)CSc1nc2sc3c(c2c(=O)n1C)CCCC3. The zero-order chi connectivity index (χ0) is 19.0. The monoisotopic (exact) mass is 405 g/mol. The van der Waals surface area contributed by atoms with Gasteiger partial charge in [-0.1, -0.05) is 31.5 Å². The third kappa shape index (κ3) is 3.81. The van der Waals surface area contributed by atoms with E-state index in [-0.39, 0.29) is 17.5 Å². The van der Waals surface area contributed by atoms with E-state index in [1.807, 2.05) is 0 Å². The molecule has 2 heterocycles. The van der Waals surface area contributed by atoms with Gasteiger partial charge in [-0.25, -0.2) is 4.98 Å². The summed E-state index contributed by atoms with van der Waals surface area (Å²) in [5, 5.41) is 4.62. The van der Waals surface area contributed by atoms with Gasteiger partial charge >= 0.3 is 0 Å². The van der Waals surface area contributed by atoms with Crippen molar-refractivity contribution in [2.45, 2.75) is 69.5 Å². The van der Waals surface area contributed by atoms with E-state index < -0.39 is 0 Å². The summed E-state index contributed by atoms with van der Waals surface area (Å²) in [7, 11) is 1.77. The van der Waals surface area contributed by atoms with Crippen LogP contribution in [-0.2, 0) is 24.7 Å². The van der Waals surface area contributed by atoms with Gasteiger partial charge in [0, 0.05) is 18.0 Å². The average Bonchev–Trinajstić information content (AvgIpc) is 3.04. The molecule has 2 aliphatic rings. The Kier molecular flexibility index (Phi) is 5.60. The first-order chi connectivity index (χ1) is 13.0. The van der Waals surface area contributed by atoms with Crippen molar-refractivity contribution in [1.82, 2.24) is 14.9 Å². The Morgan fingerprint density at radius 3 is 2.85 bits per heavy atom. The van der Waals surface area contributed by atoms with Crippen LogP contribution in [0.4, 0.5) is 0 Å². The Morgan fingerprint density at radius 2 is 2.04 bits per heavy atom. The summed E-state index contributed by atoms with van der Waals surface area (Å²) in [6.45, 7) is 2.22. The summed E-state index contributed by atoms with van der Waals surface area (Å²) in [5.41, 5.74) is 1.25. The molecule has 2 atom stereocenters. The Balaban J connectivity index is 1.50. The van der Waals surface area contributed by atoms with E-state index in [4.69, 9.17) is 4.98 Å². The number of thioether (sulfide) groups is 1. The predicted octanol–water partition coefficient (Wildman–Crippen LogP) is 3.66. The first-order valence-electron chi connectivity index (χ1n) is 9.98. The summed E-state index contributed by atoms with van der Waals surface area (Å²) >= 11 is 3.03. The fourth-order valence-corrected chi connectivity index (χ4v) is 6.39. The van der Waals surface area contributed by atoms with Gasteiger partial charge in [0.1, 0.15) is 4.83 Å². The van der Waals surface area contributed by atoms with E-state index in [1.165, 1.54) is 47.9 Å². The number of aryl methyl sites for hydroxylation is 2. The van der Waals surface area contributed by atoms with E-state index in [2.05, 4.69) is 12.2 Å². The molecule has 7 heteroatoms. The average molecular weight is 406 g/mol. The fraction of sp³-hybridized carbons (Fsp3) is 0.650. The Hall–Kier alpha value is -1.34. The van der Waals surface area contributed by atoms with E-state index >= 15 is 0 Å². The van der Waals surface area contributed by atoms with Crippen LogP contribution in [0.5, 0.6) is 0 Å². The maximum absolute atomic E-state index is 12.9. The number of carbonyl (C=O) groups excluding carboxylic acids is 1. The van der Waals surface area contributed by atoms with Crippen LogP contribution >= 0.6 is 23.1 Å². The number of hydrogen-bond acceptors (Lipinski definition) is 5. The summed E-state index contributed by atoms with van der Waals surface area (Å²) in [6, 6.07) is 0.287. The van der Waals surface area contributed by atoms with Crippen molar-refractivity contribution in [2.75, 3.05) is 5.75 Å². The molecule has 1 saturated carbocycles. The Labute approximate surface area is 167 Å². The van der Waals surface area contributed by atoms with E-state index in [0.29, 0.717) is 16.8 Å². The minimum absolute atomic E-state index is 0.0308. The number of rotatable bonds is 4. The lowest BCUT2D eigenvalue weighted by Crippen LogP contribution is -2.41. The van der Waals surface area contributed by atoms with Gasteiger partial charge in [0.2, 0.25) is 5.91 Å². The number of nitrogens with one attached hydrogen (secondary N) is 1. The second kappa shape index (κ2) is 7.95. The molecule has 4 rings (SSSR count). The molecule has 5 nitrogen and oxygen atoms in total. The number of nitrogens with zero attached hydrogens (tertiary/aromatic N) is 2. The number of hydrogen-bond donors (Lipinski definition) is 1. The quantitative estimate of drug-likeness (QED) is 0.623. The third-order valence-corrected chi connectivity index (χ3v) is 8.16. The molecule has 2 aromatic heterocycles. The highest BCUT2D eigenvalue weighted by atomic mass is 32.2. The summed E-state index contributed by atoms with van der Waals surface area (Å²) in [6.07, 6.45) is 9.11. The minimum atomic E-state index is 0.0308. The van der Waals surface area contributed by atoms with Crippen molar-refractivity contribution in [1.29, 1.82) is 0 Å². The molecule has 0 spiro atoms. The number of carbonyl (C=O) groups is 1. The van der Waals surface area contributed by atoms with Crippen molar-refractivity contribution in [3.05, 3.63) is 20.8 Å². The van der Waals surface area contributed by atoms with Gasteiger partial charge in [-0.3, -0.25) is 14.2 Å². The number of fused-ring (bicyclic) bond motifs is 3. The van der Waals surface area contributed by atoms with Crippen LogP contribution in [0.1, 0.15) is 55.9 Å². The van der Waals surface area contributed by atoms with E-state index in [0.717, 1.165) is 35.9 Å². The van der Waals surface area contributed by atoms with Crippen LogP contribution in [-0.4, -0.2) is 27.3 Å². The van der Waals surface area contributed by atoms with Crippen molar-refractivity contribution in [3.8, 4) is 0 Å². The lowest BCUT2D eigenvalue weighted by atomic mass is 9.86. The lowest BCUT2D eigenvalue weighted by molar-refractivity contribution is -0.119. The highest BCUT2D eigenvalue weighted by molar-refractivity contribution is 7.99. The molecule has 146 valence electrons. The van der Waals surface area contributed by atoms with Crippen molar-refractivity contribution in [2.24, 2.45) is 13.0 Å². The molecule has 1 amide bonds. The minimum Gasteiger partial charge on any atom is -0.352 e. The van der Waals surface area contributed by atoms with Crippen LogP contribution in [0.15, 0.2) is 9.95 Å². The normalized spacial score (nSPS) is 22.6. The second-order valence-electron chi connectivity index (χ2n) is 7.87. The number of amides is 1. The standard InChI is InChI=1S/C20H27N3O2S2/c1-12-7-3-5-9-14(12)21-16(24)11-26-20-22-18-17(19(25)23(20)2)13-8-4-6-10-15(13)27-18/h12,14H,3-11H2,1-2H3,(H,21,24)/t12-,14+/m1/s1. The van der Waals surface area contributed by atoms with Gasteiger partial charge in [0.15, 0.2) is 5.16 Å². The third-order valence-electron chi connectivity index (χ3n) is 5.95. The molecule has 0 radical (unpaired) electrons. The summed E-state index contributed by atoms with van der Waals surface area (Å²) in [4.78, 5) is 32.2. The largest absolute Gasteiger partial charge is 0.352 e. The topological polar surface area (TPSA) is 64.0 Å². The molecule has 0 aromatic carbocycles. The highest BCUT2D eigenvalue weighted by Gasteiger charge is 2.24. The maximum Gasteiger partial charge on any atom is 0.262 e. The van der Waals surface area contributed by atoms with Gasteiger partial charge in [0.05, 0.1) is 11.1 Å². The van der Waals surface area contributed by atoms with E-state index in [9.17, 15) is 9.59 Å². The molecular formula is C20H27N3O2S2. The molecule has 0 saturated heterocycles. The molecular weight excluding hydrogens is 378 g/mol. The maximum atomic E-state index is 12.9. The molecule has 1 N–H and O–H groups in total. The molecule has 0 aliphatic heterocycles. The van der Waals surface area contributed by atoms with Gasteiger partial charge in [-0.15, -0.1) is 11.3 Å². The molecule has 0 unspecified atom stereocenters. The summed E-state index contributed by atoms with van der Waals surface area (Å²) < 4.78 is 1.62. The Bertz CT molecular complexity index is 918. The van der Waals surface area contributed by atoms with E-state index in [1.54, 1.807) is 23.0 Å². The number of aromatic nitrogens is 2. The first kappa shape index (κ1) is 19.0. The van der Waals surface area contributed by atoms with Crippen LogP contribution in [0, 0.1) is 5.92 Å². The first-order valence-corrected chi connectivity index (χ1v) is 11.8. The van der Waals surface area contributed by atoms with Crippen LogP contribution < -0.4 is 10.9 Å².